The van der Waals surface area contributed by atoms with Crippen LogP contribution in [-0.4, -0.2) is 67.7 Å². The Labute approximate surface area is 110 Å². The predicted octanol–water partition coefficient (Wildman–Crippen LogP) is 1.12. The van der Waals surface area contributed by atoms with E-state index < -0.39 is 28.0 Å². The summed E-state index contributed by atoms with van der Waals surface area (Å²) in [4.78, 5) is 1.21. The molecule has 0 aromatic rings. The van der Waals surface area contributed by atoms with E-state index in [4.69, 9.17) is 11.6 Å². The third kappa shape index (κ3) is 4.25. The van der Waals surface area contributed by atoms with E-state index in [9.17, 15) is 21.6 Å². The van der Waals surface area contributed by atoms with Crippen molar-refractivity contribution in [3.8, 4) is 0 Å². The van der Waals surface area contributed by atoms with E-state index in [2.05, 4.69) is 0 Å². The molecule has 0 aromatic heterocycles. The van der Waals surface area contributed by atoms with Crippen LogP contribution < -0.4 is 0 Å². The van der Waals surface area contributed by atoms with Gasteiger partial charge in [-0.25, -0.2) is 8.42 Å². The van der Waals surface area contributed by atoms with Gasteiger partial charge in [-0.3, -0.25) is 4.90 Å². The third-order valence-corrected chi connectivity index (χ3v) is 5.73. The van der Waals surface area contributed by atoms with Gasteiger partial charge < -0.3 is 0 Å². The summed E-state index contributed by atoms with van der Waals surface area (Å²) in [7, 11) is -3.49. The Hall–Kier alpha value is -0.0500. The van der Waals surface area contributed by atoms with Crippen molar-refractivity contribution >= 4 is 21.6 Å². The minimum atomic E-state index is -4.25. The van der Waals surface area contributed by atoms with E-state index in [-0.39, 0.29) is 32.1 Å². The number of hydrogen-bond donors (Lipinski definition) is 0. The summed E-state index contributed by atoms with van der Waals surface area (Å²) in [5, 5.41) is -0.715. The lowest BCUT2D eigenvalue weighted by Crippen LogP contribution is -2.52. The molecule has 0 bridgehead atoms. The Kier molecular flexibility index (Phi) is 5.28. The predicted molar refractivity (Wildman–Crippen MR) is 63.2 cm³/mol. The van der Waals surface area contributed by atoms with Crippen molar-refractivity contribution in [3.05, 3.63) is 0 Å². The van der Waals surface area contributed by atoms with Gasteiger partial charge in [-0.1, -0.05) is 0 Å². The molecule has 1 saturated heterocycles. The summed E-state index contributed by atoms with van der Waals surface area (Å²) in [6, 6.07) is 0. The van der Waals surface area contributed by atoms with E-state index >= 15 is 0 Å². The van der Waals surface area contributed by atoms with Crippen LogP contribution in [-0.2, 0) is 10.0 Å². The van der Waals surface area contributed by atoms with E-state index in [0.717, 1.165) is 0 Å². The molecule has 0 radical (unpaired) electrons. The maximum absolute atomic E-state index is 12.2. The summed E-state index contributed by atoms with van der Waals surface area (Å²) in [5.74, 6) is -0.0227. The molecule has 1 unspecified atom stereocenters. The molecule has 1 aliphatic rings. The SMILES string of the molecule is CC(CCl)S(=O)(=O)N1CCN(CC(F)(F)F)CC1. The van der Waals surface area contributed by atoms with Gasteiger partial charge in [0.25, 0.3) is 0 Å². The molecule has 1 atom stereocenters. The van der Waals surface area contributed by atoms with Gasteiger partial charge in [0.2, 0.25) is 10.0 Å². The zero-order valence-electron chi connectivity index (χ0n) is 9.95. The maximum atomic E-state index is 12.2. The highest BCUT2D eigenvalue weighted by molar-refractivity contribution is 7.89. The first-order valence-corrected chi connectivity index (χ1v) is 7.54. The van der Waals surface area contributed by atoms with E-state index in [1.165, 1.54) is 16.1 Å². The molecular formula is C9H16ClF3N2O2S. The zero-order chi connectivity index (χ0) is 14.0. The van der Waals surface area contributed by atoms with Crippen LogP contribution in [0.25, 0.3) is 0 Å². The zero-order valence-corrected chi connectivity index (χ0v) is 11.5. The van der Waals surface area contributed by atoms with Crippen molar-refractivity contribution in [1.82, 2.24) is 9.21 Å². The van der Waals surface area contributed by atoms with Crippen molar-refractivity contribution in [1.29, 1.82) is 0 Å². The molecule has 18 heavy (non-hydrogen) atoms. The Morgan fingerprint density at radius 3 is 2.11 bits per heavy atom. The second-order valence-electron chi connectivity index (χ2n) is 4.30. The number of hydrogen-bond acceptors (Lipinski definition) is 3. The average Bonchev–Trinajstić information content (AvgIpc) is 2.26. The highest BCUT2D eigenvalue weighted by Gasteiger charge is 2.35. The third-order valence-electron chi connectivity index (χ3n) is 2.82. The summed E-state index contributed by atoms with van der Waals surface area (Å²) in [5.41, 5.74) is 0. The molecule has 9 heteroatoms. The van der Waals surface area contributed by atoms with Crippen molar-refractivity contribution < 1.29 is 21.6 Å². The highest BCUT2D eigenvalue weighted by atomic mass is 35.5. The van der Waals surface area contributed by atoms with Gasteiger partial charge in [0.05, 0.1) is 11.8 Å². The molecule has 1 heterocycles. The van der Waals surface area contributed by atoms with Gasteiger partial charge in [-0.15, -0.1) is 11.6 Å². The fraction of sp³-hybridized carbons (Fsp3) is 1.00. The van der Waals surface area contributed by atoms with Crippen LogP contribution in [0.4, 0.5) is 13.2 Å². The monoisotopic (exact) mass is 308 g/mol. The smallest absolute Gasteiger partial charge is 0.292 e. The molecule has 4 nitrogen and oxygen atoms in total. The first-order chi connectivity index (χ1) is 8.16. The van der Waals surface area contributed by atoms with Gasteiger partial charge >= 0.3 is 6.18 Å². The minimum absolute atomic E-state index is 0.0227. The lowest BCUT2D eigenvalue weighted by atomic mass is 10.3. The highest BCUT2D eigenvalue weighted by Crippen LogP contribution is 2.19. The minimum Gasteiger partial charge on any atom is -0.292 e. The van der Waals surface area contributed by atoms with Crippen LogP contribution in [0.3, 0.4) is 0 Å². The molecule has 0 spiro atoms. The lowest BCUT2D eigenvalue weighted by Gasteiger charge is -2.35. The molecule has 108 valence electrons. The van der Waals surface area contributed by atoms with Gasteiger partial charge in [0.15, 0.2) is 0 Å². The lowest BCUT2D eigenvalue weighted by molar-refractivity contribution is -0.148. The Balaban J connectivity index is 2.54. The van der Waals surface area contributed by atoms with Crippen molar-refractivity contribution in [2.24, 2.45) is 0 Å². The normalized spacial score (nSPS) is 22.1. The van der Waals surface area contributed by atoms with Crippen molar-refractivity contribution in [3.63, 3.8) is 0 Å². The van der Waals surface area contributed by atoms with Gasteiger partial charge in [0.1, 0.15) is 0 Å². The average molecular weight is 309 g/mol. The summed E-state index contributed by atoms with van der Waals surface area (Å²) in [6.45, 7) is 0.844. The first-order valence-electron chi connectivity index (χ1n) is 5.51. The summed E-state index contributed by atoms with van der Waals surface area (Å²) in [6.07, 6.45) is -4.25. The fourth-order valence-corrected chi connectivity index (χ4v) is 3.55. The molecular weight excluding hydrogens is 293 g/mol. The Bertz CT molecular complexity index is 366. The van der Waals surface area contributed by atoms with Crippen LogP contribution in [0.1, 0.15) is 6.92 Å². The van der Waals surface area contributed by atoms with E-state index in [1.54, 1.807) is 0 Å². The van der Waals surface area contributed by atoms with E-state index in [0.29, 0.717) is 0 Å². The fourth-order valence-electron chi connectivity index (χ4n) is 1.73. The van der Waals surface area contributed by atoms with Gasteiger partial charge in [-0.05, 0) is 6.92 Å². The van der Waals surface area contributed by atoms with Crippen LogP contribution in [0, 0.1) is 0 Å². The number of rotatable bonds is 4. The van der Waals surface area contributed by atoms with E-state index in [1.807, 2.05) is 0 Å². The van der Waals surface area contributed by atoms with Gasteiger partial charge in [-0.2, -0.15) is 17.5 Å². The number of halogens is 4. The molecule has 0 saturated carbocycles. The maximum Gasteiger partial charge on any atom is 0.401 e. The van der Waals surface area contributed by atoms with Crippen LogP contribution in [0.15, 0.2) is 0 Å². The topological polar surface area (TPSA) is 40.6 Å². The molecule has 1 aliphatic heterocycles. The molecule has 0 N–H and O–H groups in total. The molecule has 0 aromatic carbocycles. The number of alkyl halides is 4. The van der Waals surface area contributed by atoms with Crippen molar-refractivity contribution in [2.75, 3.05) is 38.6 Å². The second-order valence-corrected chi connectivity index (χ2v) is 6.96. The molecule has 0 aliphatic carbocycles. The van der Waals surface area contributed by atoms with Crippen LogP contribution >= 0.6 is 11.6 Å². The summed E-state index contributed by atoms with van der Waals surface area (Å²) < 4.78 is 61.5. The number of sulfonamides is 1. The van der Waals surface area contributed by atoms with Gasteiger partial charge in [0, 0.05) is 32.1 Å². The first kappa shape index (κ1) is 16.0. The van der Waals surface area contributed by atoms with Crippen LogP contribution in [0.5, 0.6) is 0 Å². The summed E-state index contributed by atoms with van der Waals surface area (Å²) >= 11 is 5.51. The number of piperazine rings is 1. The van der Waals surface area contributed by atoms with Crippen LogP contribution in [0.2, 0.25) is 0 Å². The quantitative estimate of drug-likeness (QED) is 0.731. The standard InChI is InChI=1S/C9H16ClF3N2O2S/c1-8(6-10)18(16,17)15-4-2-14(3-5-15)7-9(11,12)13/h8H,2-7H2,1H3. The second kappa shape index (κ2) is 5.94. The Morgan fingerprint density at radius 2 is 1.72 bits per heavy atom. The molecule has 1 rings (SSSR count). The largest absolute Gasteiger partial charge is 0.401 e. The molecule has 1 fully saturated rings. The number of nitrogens with zero attached hydrogens (tertiary/aromatic N) is 2. The molecule has 0 amide bonds. The Morgan fingerprint density at radius 1 is 1.22 bits per heavy atom. The van der Waals surface area contributed by atoms with Crippen molar-refractivity contribution in [2.45, 2.75) is 18.3 Å².